The standard InChI is InChI=1S/C10H19NO2/c1-3-4-5-11-6-10(7-12)13-8-9(11)2/h3-4,9-10,12H,5-8H2,1-2H3/b4-3+. The van der Waals surface area contributed by atoms with Gasteiger partial charge in [-0.25, -0.2) is 0 Å². The predicted molar refractivity (Wildman–Crippen MR) is 52.7 cm³/mol. The van der Waals surface area contributed by atoms with E-state index in [1.807, 2.05) is 6.92 Å². The number of nitrogens with zero attached hydrogens (tertiary/aromatic N) is 1. The van der Waals surface area contributed by atoms with Crippen LogP contribution in [0.4, 0.5) is 0 Å². The van der Waals surface area contributed by atoms with E-state index in [0.29, 0.717) is 6.04 Å². The molecule has 1 N–H and O–H groups in total. The minimum absolute atomic E-state index is 0.00135. The molecule has 0 aromatic carbocycles. The van der Waals surface area contributed by atoms with Crippen LogP contribution in [0.25, 0.3) is 0 Å². The topological polar surface area (TPSA) is 32.7 Å². The Morgan fingerprint density at radius 2 is 2.38 bits per heavy atom. The van der Waals surface area contributed by atoms with Crippen molar-refractivity contribution in [1.82, 2.24) is 4.90 Å². The van der Waals surface area contributed by atoms with Crippen molar-refractivity contribution < 1.29 is 9.84 Å². The molecule has 0 aromatic heterocycles. The van der Waals surface area contributed by atoms with E-state index in [1.165, 1.54) is 0 Å². The molecule has 1 rings (SSSR count). The lowest BCUT2D eigenvalue weighted by molar-refractivity contribution is -0.0741. The number of hydrogen-bond acceptors (Lipinski definition) is 3. The summed E-state index contributed by atoms with van der Waals surface area (Å²) in [7, 11) is 0. The highest BCUT2D eigenvalue weighted by molar-refractivity contribution is 4.86. The highest BCUT2D eigenvalue weighted by atomic mass is 16.5. The molecule has 0 saturated carbocycles. The van der Waals surface area contributed by atoms with Crippen molar-refractivity contribution in [2.75, 3.05) is 26.3 Å². The van der Waals surface area contributed by atoms with Gasteiger partial charge in [-0.3, -0.25) is 4.90 Å². The quantitative estimate of drug-likeness (QED) is 0.655. The van der Waals surface area contributed by atoms with E-state index < -0.39 is 0 Å². The van der Waals surface area contributed by atoms with Gasteiger partial charge >= 0.3 is 0 Å². The van der Waals surface area contributed by atoms with Crippen molar-refractivity contribution in [2.24, 2.45) is 0 Å². The summed E-state index contributed by atoms with van der Waals surface area (Å²) >= 11 is 0. The third-order valence-corrected chi connectivity index (χ3v) is 2.41. The van der Waals surface area contributed by atoms with Gasteiger partial charge < -0.3 is 9.84 Å². The highest BCUT2D eigenvalue weighted by Gasteiger charge is 2.24. The maximum Gasteiger partial charge on any atom is 0.0933 e. The molecule has 3 heteroatoms. The van der Waals surface area contributed by atoms with Crippen LogP contribution in [-0.2, 0) is 4.74 Å². The fourth-order valence-corrected chi connectivity index (χ4v) is 1.48. The lowest BCUT2D eigenvalue weighted by Crippen LogP contribution is -2.49. The van der Waals surface area contributed by atoms with Crippen LogP contribution in [0.3, 0.4) is 0 Å². The molecule has 0 amide bonds. The van der Waals surface area contributed by atoms with Crippen LogP contribution in [0.5, 0.6) is 0 Å². The summed E-state index contributed by atoms with van der Waals surface area (Å²) in [5.74, 6) is 0. The normalized spacial score (nSPS) is 31.3. The van der Waals surface area contributed by atoms with Crippen molar-refractivity contribution in [3.8, 4) is 0 Å². The smallest absolute Gasteiger partial charge is 0.0933 e. The summed E-state index contributed by atoms with van der Waals surface area (Å²) in [6, 6.07) is 0.457. The van der Waals surface area contributed by atoms with Crippen LogP contribution in [0.15, 0.2) is 12.2 Å². The van der Waals surface area contributed by atoms with Gasteiger partial charge in [0.15, 0.2) is 0 Å². The largest absolute Gasteiger partial charge is 0.394 e. The molecule has 0 bridgehead atoms. The van der Waals surface area contributed by atoms with Gasteiger partial charge in [0.05, 0.1) is 19.3 Å². The summed E-state index contributed by atoms with van der Waals surface area (Å²) in [6.07, 6.45) is 4.19. The van der Waals surface area contributed by atoms with E-state index in [2.05, 4.69) is 24.0 Å². The number of aliphatic hydroxyl groups excluding tert-OH is 1. The molecule has 1 aliphatic rings. The highest BCUT2D eigenvalue weighted by Crippen LogP contribution is 2.10. The van der Waals surface area contributed by atoms with Gasteiger partial charge in [0.2, 0.25) is 0 Å². The first kappa shape index (κ1) is 10.7. The average Bonchev–Trinajstić information content (AvgIpc) is 2.17. The Hall–Kier alpha value is -0.380. The van der Waals surface area contributed by atoms with Gasteiger partial charge in [-0.05, 0) is 13.8 Å². The molecule has 2 atom stereocenters. The molecule has 1 aliphatic heterocycles. The summed E-state index contributed by atoms with van der Waals surface area (Å²) in [6.45, 7) is 6.81. The molecule has 0 spiro atoms. The van der Waals surface area contributed by atoms with Crippen molar-refractivity contribution >= 4 is 0 Å². The number of rotatable bonds is 3. The first-order valence-electron chi connectivity index (χ1n) is 4.85. The molecule has 1 fully saturated rings. The van der Waals surface area contributed by atoms with E-state index in [-0.39, 0.29) is 12.7 Å². The van der Waals surface area contributed by atoms with Gasteiger partial charge in [0.1, 0.15) is 0 Å². The Kier molecular flexibility index (Phi) is 4.42. The first-order valence-corrected chi connectivity index (χ1v) is 4.85. The van der Waals surface area contributed by atoms with Crippen molar-refractivity contribution in [2.45, 2.75) is 26.0 Å². The average molecular weight is 185 g/mol. The van der Waals surface area contributed by atoms with Gasteiger partial charge in [0, 0.05) is 19.1 Å². The van der Waals surface area contributed by atoms with Gasteiger partial charge in [-0.1, -0.05) is 12.2 Å². The van der Waals surface area contributed by atoms with Crippen LogP contribution in [0.1, 0.15) is 13.8 Å². The summed E-state index contributed by atoms with van der Waals surface area (Å²) < 4.78 is 5.43. The Labute approximate surface area is 80.0 Å². The van der Waals surface area contributed by atoms with E-state index in [9.17, 15) is 0 Å². The second-order valence-corrected chi connectivity index (χ2v) is 3.51. The van der Waals surface area contributed by atoms with Crippen LogP contribution >= 0.6 is 0 Å². The van der Waals surface area contributed by atoms with Crippen LogP contribution in [0.2, 0.25) is 0 Å². The molecule has 1 heterocycles. The van der Waals surface area contributed by atoms with Gasteiger partial charge in [0.25, 0.3) is 0 Å². The number of hydrogen-bond donors (Lipinski definition) is 1. The van der Waals surface area contributed by atoms with E-state index in [1.54, 1.807) is 0 Å². The third-order valence-electron chi connectivity index (χ3n) is 2.41. The van der Waals surface area contributed by atoms with Crippen molar-refractivity contribution in [1.29, 1.82) is 0 Å². The molecular formula is C10H19NO2. The molecule has 76 valence electrons. The van der Waals surface area contributed by atoms with E-state index >= 15 is 0 Å². The SMILES string of the molecule is C/C=C/CN1CC(CO)OCC1C. The van der Waals surface area contributed by atoms with E-state index in [4.69, 9.17) is 9.84 Å². The molecule has 0 aromatic rings. The first-order chi connectivity index (χ1) is 6.27. The molecule has 3 nitrogen and oxygen atoms in total. The van der Waals surface area contributed by atoms with Crippen LogP contribution < -0.4 is 0 Å². The lowest BCUT2D eigenvalue weighted by Gasteiger charge is -2.36. The van der Waals surface area contributed by atoms with Crippen molar-refractivity contribution in [3.63, 3.8) is 0 Å². The predicted octanol–water partition coefficient (Wildman–Crippen LogP) is 0.644. The van der Waals surface area contributed by atoms with Gasteiger partial charge in [-0.2, -0.15) is 0 Å². The lowest BCUT2D eigenvalue weighted by atomic mass is 10.2. The van der Waals surface area contributed by atoms with Crippen LogP contribution in [0, 0.1) is 0 Å². The minimum Gasteiger partial charge on any atom is -0.394 e. The van der Waals surface area contributed by atoms with E-state index in [0.717, 1.165) is 19.7 Å². The zero-order chi connectivity index (χ0) is 9.68. The monoisotopic (exact) mass is 185 g/mol. The molecule has 0 aliphatic carbocycles. The minimum atomic E-state index is 0.00135. The van der Waals surface area contributed by atoms with Gasteiger partial charge in [-0.15, -0.1) is 0 Å². The number of allylic oxidation sites excluding steroid dienone is 1. The Bertz CT molecular complexity index is 170. The molecule has 1 saturated heterocycles. The Morgan fingerprint density at radius 3 is 3.00 bits per heavy atom. The number of aliphatic hydroxyl groups is 1. The van der Waals surface area contributed by atoms with Crippen molar-refractivity contribution in [3.05, 3.63) is 12.2 Å². The second-order valence-electron chi connectivity index (χ2n) is 3.51. The zero-order valence-corrected chi connectivity index (χ0v) is 8.44. The maximum absolute atomic E-state index is 8.95. The third kappa shape index (κ3) is 3.10. The molecule has 2 unspecified atom stereocenters. The summed E-state index contributed by atoms with van der Waals surface area (Å²) in [5, 5.41) is 8.95. The Balaban J connectivity index is 2.40. The fourth-order valence-electron chi connectivity index (χ4n) is 1.48. The molecule has 13 heavy (non-hydrogen) atoms. The fraction of sp³-hybridized carbons (Fsp3) is 0.800. The maximum atomic E-state index is 8.95. The van der Waals surface area contributed by atoms with Crippen LogP contribution in [-0.4, -0.2) is 48.5 Å². The molecule has 0 radical (unpaired) electrons. The Morgan fingerprint density at radius 1 is 1.62 bits per heavy atom. The summed E-state index contributed by atoms with van der Waals surface area (Å²) in [5.41, 5.74) is 0. The zero-order valence-electron chi connectivity index (χ0n) is 8.44. The molecular weight excluding hydrogens is 166 g/mol. The number of morpholine rings is 1. The number of ether oxygens (including phenoxy) is 1. The summed E-state index contributed by atoms with van der Waals surface area (Å²) in [4.78, 5) is 2.32. The second kappa shape index (κ2) is 5.37.